The Bertz CT molecular complexity index is 382. The van der Waals surface area contributed by atoms with Gasteiger partial charge in [0.1, 0.15) is 17.7 Å². The maximum Gasteiger partial charge on any atom is 0.322 e. The van der Waals surface area contributed by atoms with Crippen molar-refractivity contribution in [3.63, 3.8) is 0 Å². The predicted molar refractivity (Wildman–Crippen MR) is 54.7 cm³/mol. The quantitative estimate of drug-likeness (QED) is 0.797. The number of rotatable bonds is 4. The molecule has 0 fully saturated rings. The average Bonchev–Trinajstić information content (AvgIpc) is 2.28. The van der Waals surface area contributed by atoms with E-state index in [2.05, 4.69) is 10.1 Å². The minimum absolute atomic E-state index is 0.0693. The molecule has 1 N–H and O–H groups in total. The van der Waals surface area contributed by atoms with Crippen LogP contribution in [0, 0.1) is 11.6 Å². The molecule has 0 spiro atoms. The Balaban J connectivity index is 2.60. The standard InChI is InChI=1S/C11H13F2NO2/c1-7(11(15)16-2)14-6-8-5-9(12)3-4-10(8)13/h3-5,7,14H,6H2,1-2H3/t7-/m0/s1. The van der Waals surface area contributed by atoms with Gasteiger partial charge in [0, 0.05) is 12.1 Å². The topological polar surface area (TPSA) is 38.3 Å². The number of hydrogen-bond donors (Lipinski definition) is 1. The highest BCUT2D eigenvalue weighted by Crippen LogP contribution is 2.09. The Kier molecular flexibility index (Phi) is 4.37. The highest BCUT2D eigenvalue weighted by molar-refractivity contribution is 5.75. The third-order valence-corrected chi connectivity index (χ3v) is 2.16. The fraction of sp³-hybridized carbons (Fsp3) is 0.364. The summed E-state index contributed by atoms with van der Waals surface area (Å²) in [5.74, 6) is -1.47. The lowest BCUT2D eigenvalue weighted by molar-refractivity contribution is -0.142. The van der Waals surface area contributed by atoms with Gasteiger partial charge >= 0.3 is 5.97 Å². The van der Waals surface area contributed by atoms with Crippen molar-refractivity contribution in [3.05, 3.63) is 35.4 Å². The number of nitrogens with one attached hydrogen (secondary N) is 1. The van der Waals surface area contributed by atoms with Crippen LogP contribution >= 0.6 is 0 Å². The first-order valence-electron chi connectivity index (χ1n) is 4.79. The van der Waals surface area contributed by atoms with Crippen LogP contribution in [0.3, 0.4) is 0 Å². The molecule has 0 aliphatic heterocycles. The van der Waals surface area contributed by atoms with Gasteiger partial charge in [0.05, 0.1) is 7.11 Å². The molecule has 0 aliphatic carbocycles. The molecular weight excluding hydrogens is 216 g/mol. The van der Waals surface area contributed by atoms with Crippen molar-refractivity contribution in [1.82, 2.24) is 5.32 Å². The van der Waals surface area contributed by atoms with Crippen molar-refractivity contribution >= 4 is 5.97 Å². The average molecular weight is 229 g/mol. The highest BCUT2D eigenvalue weighted by atomic mass is 19.1. The van der Waals surface area contributed by atoms with Gasteiger partial charge in [-0.15, -0.1) is 0 Å². The first-order valence-corrected chi connectivity index (χ1v) is 4.79. The smallest absolute Gasteiger partial charge is 0.322 e. The molecule has 1 aromatic carbocycles. The molecule has 1 rings (SSSR count). The molecule has 0 aliphatic rings. The van der Waals surface area contributed by atoms with Crippen LogP contribution in [0.15, 0.2) is 18.2 Å². The molecule has 5 heteroatoms. The fourth-order valence-electron chi connectivity index (χ4n) is 1.20. The SMILES string of the molecule is COC(=O)[C@H](C)NCc1cc(F)ccc1F. The third kappa shape index (κ3) is 3.27. The van der Waals surface area contributed by atoms with Crippen molar-refractivity contribution in [3.8, 4) is 0 Å². The van der Waals surface area contributed by atoms with Gasteiger partial charge in [-0.2, -0.15) is 0 Å². The lowest BCUT2D eigenvalue weighted by atomic mass is 10.2. The third-order valence-electron chi connectivity index (χ3n) is 2.16. The van der Waals surface area contributed by atoms with Crippen LogP contribution in [-0.2, 0) is 16.1 Å². The molecule has 0 saturated carbocycles. The number of carbonyl (C=O) groups is 1. The summed E-state index contributed by atoms with van der Waals surface area (Å²) in [5.41, 5.74) is 0.177. The second kappa shape index (κ2) is 5.55. The molecule has 0 unspecified atom stereocenters. The number of hydrogen-bond acceptors (Lipinski definition) is 3. The lowest BCUT2D eigenvalue weighted by Crippen LogP contribution is -2.34. The first kappa shape index (κ1) is 12.6. The fourth-order valence-corrected chi connectivity index (χ4v) is 1.20. The van der Waals surface area contributed by atoms with Crippen LogP contribution in [0.1, 0.15) is 12.5 Å². The Morgan fingerprint density at radius 2 is 2.19 bits per heavy atom. The molecule has 16 heavy (non-hydrogen) atoms. The van der Waals surface area contributed by atoms with Crippen molar-refractivity contribution < 1.29 is 18.3 Å². The normalized spacial score (nSPS) is 12.2. The van der Waals surface area contributed by atoms with E-state index in [-0.39, 0.29) is 12.1 Å². The molecule has 88 valence electrons. The van der Waals surface area contributed by atoms with E-state index in [4.69, 9.17) is 0 Å². The summed E-state index contributed by atoms with van der Waals surface area (Å²) in [6, 6.07) is 2.62. The number of benzene rings is 1. The molecule has 0 heterocycles. The Morgan fingerprint density at radius 1 is 1.50 bits per heavy atom. The van der Waals surface area contributed by atoms with Gasteiger partial charge in [-0.1, -0.05) is 0 Å². The van der Waals surface area contributed by atoms with Crippen LogP contribution in [0.4, 0.5) is 8.78 Å². The van der Waals surface area contributed by atoms with Crippen molar-refractivity contribution in [2.45, 2.75) is 19.5 Å². The van der Waals surface area contributed by atoms with E-state index in [1.165, 1.54) is 7.11 Å². The highest BCUT2D eigenvalue weighted by Gasteiger charge is 2.13. The summed E-state index contributed by atoms with van der Waals surface area (Å²) in [7, 11) is 1.27. The number of methoxy groups -OCH3 is 1. The molecule has 0 radical (unpaired) electrons. The molecule has 0 aromatic heterocycles. The zero-order valence-electron chi connectivity index (χ0n) is 9.09. The molecule has 0 bridgehead atoms. The van der Waals surface area contributed by atoms with Crippen molar-refractivity contribution in [1.29, 1.82) is 0 Å². The number of carbonyl (C=O) groups excluding carboxylic acids is 1. The summed E-state index contributed by atoms with van der Waals surface area (Å²) in [6.07, 6.45) is 0. The second-order valence-electron chi connectivity index (χ2n) is 3.36. The molecule has 1 atom stereocenters. The maximum atomic E-state index is 13.2. The van der Waals surface area contributed by atoms with Crippen LogP contribution in [0.5, 0.6) is 0 Å². The van der Waals surface area contributed by atoms with Gasteiger partial charge in [-0.25, -0.2) is 8.78 Å². The van der Waals surface area contributed by atoms with Crippen molar-refractivity contribution in [2.75, 3.05) is 7.11 Å². The van der Waals surface area contributed by atoms with Crippen LogP contribution in [0.25, 0.3) is 0 Å². The summed E-state index contributed by atoms with van der Waals surface area (Å²) >= 11 is 0. The molecular formula is C11H13F2NO2. The van der Waals surface area contributed by atoms with Gasteiger partial charge in [0.2, 0.25) is 0 Å². The van der Waals surface area contributed by atoms with E-state index in [0.29, 0.717) is 0 Å². The van der Waals surface area contributed by atoms with Crippen LogP contribution in [-0.4, -0.2) is 19.1 Å². The van der Waals surface area contributed by atoms with E-state index in [0.717, 1.165) is 18.2 Å². The minimum Gasteiger partial charge on any atom is -0.468 e. The summed E-state index contributed by atoms with van der Waals surface area (Å²) in [5, 5.41) is 2.74. The summed E-state index contributed by atoms with van der Waals surface area (Å²) in [6.45, 7) is 1.66. The Hall–Kier alpha value is -1.49. The van der Waals surface area contributed by atoms with Crippen molar-refractivity contribution in [2.24, 2.45) is 0 Å². The summed E-state index contributed by atoms with van der Waals surface area (Å²) in [4.78, 5) is 11.0. The van der Waals surface area contributed by atoms with Gasteiger partial charge in [0.25, 0.3) is 0 Å². The largest absolute Gasteiger partial charge is 0.468 e. The Labute approximate surface area is 92.4 Å². The van der Waals surface area contributed by atoms with Gasteiger partial charge < -0.3 is 10.1 Å². The number of halogens is 2. The Morgan fingerprint density at radius 3 is 2.81 bits per heavy atom. The van der Waals surface area contributed by atoms with Gasteiger partial charge in [-0.05, 0) is 25.1 Å². The number of esters is 1. The zero-order valence-corrected chi connectivity index (χ0v) is 9.09. The van der Waals surface area contributed by atoms with Gasteiger partial charge in [-0.3, -0.25) is 4.79 Å². The second-order valence-corrected chi connectivity index (χ2v) is 3.36. The van der Waals surface area contributed by atoms with Crippen LogP contribution < -0.4 is 5.32 Å². The molecule has 1 aromatic rings. The number of ether oxygens (including phenoxy) is 1. The molecule has 0 amide bonds. The predicted octanol–water partition coefficient (Wildman–Crippen LogP) is 1.62. The zero-order chi connectivity index (χ0) is 12.1. The van der Waals surface area contributed by atoms with E-state index in [1.54, 1.807) is 6.92 Å². The van der Waals surface area contributed by atoms with E-state index < -0.39 is 23.6 Å². The molecule has 3 nitrogen and oxygen atoms in total. The molecule has 0 saturated heterocycles. The maximum absolute atomic E-state index is 13.2. The lowest BCUT2D eigenvalue weighted by Gasteiger charge is -2.11. The van der Waals surface area contributed by atoms with E-state index >= 15 is 0 Å². The minimum atomic E-state index is -0.562. The van der Waals surface area contributed by atoms with E-state index in [1.807, 2.05) is 0 Å². The van der Waals surface area contributed by atoms with E-state index in [9.17, 15) is 13.6 Å². The summed E-state index contributed by atoms with van der Waals surface area (Å²) < 4.78 is 30.5. The first-order chi connectivity index (χ1) is 7.54. The monoisotopic (exact) mass is 229 g/mol. The van der Waals surface area contributed by atoms with Gasteiger partial charge in [0.15, 0.2) is 0 Å². The van der Waals surface area contributed by atoms with Crippen LogP contribution in [0.2, 0.25) is 0 Å².